The molecule has 1 fully saturated rings. The molecule has 3 rings (SSSR count). The van der Waals surface area contributed by atoms with Gasteiger partial charge in [0.15, 0.2) is 5.96 Å². The molecule has 1 atom stereocenters. The number of benzene rings is 2. The van der Waals surface area contributed by atoms with Crippen molar-refractivity contribution in [2.75, 3.05) is 38.7 Å². The van der Waals surface area contributed by atoms with Gasteiger partial charge in [-0.2, -0.15) is 0 Å². The Morgan fingerprint density at radius 3 is 2.71 bits per heavy atom. The minimum Gasteiger partial charge on any atom is -0.495 e. The molecule has 31 heavy (non-hydrogen) atoms. The van der Waals surface area contributed by atoms with E-state index in [-0.39, 0.29) is 11.9 Å². The van der Waals surface area contributed by atoms with Gasteiger partial charge in [-0.05, 0) is 49.2 Å². The van der Waals surface area contributed by atoms with Gasteiger partial charge in [-0.15, -0.1) is 0 Å². The van der Waals surface area contributed by atoms with Crippen molar-refractivity contribution in [1.82, 2.24) is 16.0 Å². The zero-order chi connectivity index (χ0) is 22.2. The summed E-state index contributed by atoms with van der Waals surface area (Å²) in [5, 5.41) is 10.2. The number of aliphatic imine (C=N–C) groups is 1. The molecule has 7 nitrogen and oxygen atoms in total. The third kappa shape index (κ3) is 6.04. The predicted octanol–water partition coefficient (Wildman–Crippen LogP) is 3.04. The Kier molecular flexibility index (Phi) is 8.00. The van der Waals surface area contributed by atoms with Gasteiger partial charge in [0.2, 0.25) is 0 Å². The smallest absolute Gasteiger partial charge is 0.251 e. The largest absolute Gasteiger partial charge is 0.495 e. The maximum absolute atomic E-state index is 11.7. The molecule has 1 unspecified atom stereocenters. The summed E-state index contributed by atoms with van der Waals surface area (Å²) in [5.41, 5.74) is 2.70. The molecule has 2 aromatic rings. The van der Waals surface area contributed by atoms with Crippen LogP contribution in [-0.2, 0) is 6.54 Å². The normalized spacial score (nSPS) is 16.2. The Balaban J connectivity index is 1.63. The Morgan fingerprint density at radius 1 is 1.26 bits per heavy atom. The van der Waals surface area contributed by atoms with Crippen LogP contribution in [0.4, 0.5) is 5.69 Å². The SMILES string of the molecule is CCNC(=NCc1ccc(C(=O)NC)cc1)NC1CCN(c2cc(Cl)ccc2OC)C1. The zero-order valence-electron chi connectivity index (χ0n) is 18.2. The van der Waals surface area contributed by atoms with E-state index in [4.69, 9.17) is 21.3 Å². The Morgan fingerprint density at radius 2 is 2.03 bits per heavy atom. The van der Waals surface area contributed by atoms with E-state index in [9.17, 15) is 4.79 Å². The highest BCUT2D eigenvalue weighted by Gasteiger charge is 2.25. The second-order valence-corrected chi connectivity index (χ2v) is 7.80. The molecule has 2 aromatic carbocycles. The first-order valence-corrected chi connectivity index (χ1v) is 10.9. The molecule has 1 saturated heterocycles. The number of nitrogens with one attached hydrogen (secondary N) is 3. The number of ether oxygens (including phenoxy) is 1. The summed E-state index contributed by atoms with van der Waals surface area (Å²) in [4.78, 5) is 18.7. The molecule has 8 heteroatoms. The number of amides is 1. The summed E-state index contributed by atoms with van der Waals surface area (Å²) in [5.74, 6) is 1.51. The van der Waals surface area contributed by atoms with Gasteiger partial charge in [0.1, 0.15) is 5.75 Å². The predicted molar refractivity (Wildman–Crippen MR) is 126 cm³/mol. The standard InChI is InChI=1S/C23H30ClN5O2/c1-4-26-23(27-14-16-5-7-17(8-6-16)22(30)25-2)28-19-11-12-29(15-19)20-13-18(24)9-10-21(20)31-3/h5-10,13,19H,4,11-12,14-15H2,1-3H3,(H,25,30)(H2,26,27,28). The Labute approximate surface area is 188 Å². The summed E-state index contributed by atoms with van der Waals surface area (Å²) in [6.07, 6.45) is 0.987. The average Bonchev–Trinajstić information content (AvgIpc) is 3.25. The number of carbonyl (C=O) groups is 1. The average molecular weight is 444 g/mol. The van der Waals surface area contributed by atoms with Crippen molar-refractivity contribution in [3.05, 3.63) is 58.6 Å². The highest BCUT2D eigenvalue weighted by molar-refractivity contribution is 6.30. The van der Waals surface area contributed by atoms with Crippen LogP contribution in [-0.4, -0.2) is 51.7 Å². The van der Waals surface area contributed by atoms with E-state index in [0.29, 0.717) is 17.1 Å². The van der Waals surface area contributed by atoms with Gasteiger partial charge in [0.05, 0.1) is 19.3 Å². The van der Waals surface area contributed by atoms with Gasteiger partial charge in [-0.3, -0.25) is 4.79 Å². The third-order valence-electron chi connectivity index (χ3n) is 5.22. The van der Waals surface area contributed by atoms with Crippen molar-refractivity contribution >= 4 is 29.2 Å². The van der Waals surface area contributed by atoms with Crippen molar-refractivity contribution < 1.29 is 9.53 Å². The van der Waals surface area contributed by atoms with Gasteiger partial charge >= 0.3 is 0 Å². The lowest BCUT2D eigenvalue weighted by Gasteiger charge is -2.22. The van der Waals surface area contributed by atoms with E-state index in [0.717, 1.165) is 49.0 Å². The van der Waals surface area contributed by atoms with Crippen LogP contribution in [0.3, 0.4) is 0 Å². The Bertz CT molecular complexity index is 917. The molecular formula is C23H30ClN5O2. The fourth-order valence-corrected chi connectivity index (χ4v) is 3.76. The highest BCUT2D eigenvalue weighted by atomic mass is 35.5. The van der Waals surface area contributed by atoms with Gasteiger partial charge in [0.25, 0.3) is 5.91 Å². The number of hydrogen-bond acceptors (Lipinski definition) is 4. The van der Waals surface area contributed by atoms with Crippen LogP contribution >= 0.6 is 11.6 Å². The fraction of sp³-hybridized carbons (Fsp3) is 0.391. The summed E-state index contributed by atoms with van der Waals surface area (Å²) < 4.78 is 5.50. The van der Waals surface area contributed by atoms with Crippen molar-refractivity contribution in [1.29, 1.82) is 0 Å². The lowest BCUT2D eigenvalue weighted by atomic mass is 10.1. The molecule has 3 N–H and O–H groups in total. The van der Waals surface area contributed by atoms with Crippen LogP contribution < -0.4 is 25.6 Å². The van der Waals surface area contributed by atoms with Crippen molar-refractivity contribution in [3.8, 4) is 5.75 Å². The van der Waals surface area contributed by atoms with Gasteiger partial charge in [-0.1, -0.05) is 23.7 Å². The first-order chi connectivity index (χ1) is 15.0. The first kappa shape index (κ1) is 22.7. The lowest BCUT2D eigenvalue weighted by molar-refractivity contribution is 0.0963. The van der Waals surface area contributed by atoms with Crippen LogP contribution in [0.2, 0.25) is 5.02 Å². The zero-order valence-corrected chi connectivity index (χ0v) is 19.0. The summed E-state index contributed by atoms with van der Waals surface area (Å²) >= 11 is 6.20. The molecule has 0 aliphatic carbocycles. The minimum absolute atomic E-state index is 0.0906. The van der Waals surface area contributed by atoms with Crippen molar-refractivity contribution in [2.24, 2.45) is 4.99 Å². The number of halogens is 1. The lowest BCUT2D eigenvalue weighted by Crippen LogP contribution is -2.44. The molecule has 0 bridgehead atoms. The molecule has 0 spiro atoms. The van der Waals surface area contributed by atoms with E-state index in [1.54, 1.807) is 14.2 Å². The molecule has 1 heterocycles. The number of rotatable bonds is 7. The monoisotopic (exact) mass is 443 g/mol. The number of hydrogen-bond donors (Lipinski definition) is 3. The van der Waals surface area contributed by atoms with E-state index in [2.05, 4.69) is 20.9 Å². The van der Waals surface area contributed by atoms with Gasteiger partial charge in [-0.25, -0.2) is 4.99 Å². The maximum Gasteiger partial charge on any atom is 0.251 e. The molecule has 1 aliphatic rings. The molecule has 1 aliphatic heterocycles. The van der Waals surface area contributed by atoms with E-state index < -0.39 is 0 Å². The minimum atomic E-state index is -0.0906. The van der Waals surface area contributed by atoms with Crippen molar-refractivity contribution in [2.45, 2.75) is 25.9 Å². The summed E-state index contributed by atoms with van der Waals surface area (Å²) in [6.45, 7) is 5.10. The third-order valence-corrected chi connectivity index (χ3v) is 5.45. The molecule has 0 aromatic heterocycles. The maximum atomic E-state index is 11.7. The van der Waals surface area contributed by atoms with E-state index in [1.807, 2.05) is 49.4 Å². The summed E-state index contributed by atoms with van der Waals surface area (Å²) in [6, 6.07) is 13.4. The van der Waals surface area contributed by atoms with Crippen LogP contribution in [0.1, 0.15) is 29.3 Å². The van der Waals surface area contributed by atoms with E-state index in [1.165, 1.54) is 0 Å². The van der Waals surface area contributed by atoms with Gasteiger partial charge < -0.3 is 25.6 Å². The molecule has 166 valence electrons. The number of methoxy groups -OCH3 is 1. The highest BCUT2D eigenvalue weighted by Crippen LogP contribution is 2.33. The molecule has 0 saturated carbocycles. The van der Waals surface area contributed by atoms with Crippen molar-refractivity contribution in [3.63, 3.8) is 0 Å². The number of carbonyl (C=O) groups excluding carboxylic acids is 1. The topological polar surface area (TPSA) is 78.0 Å². The fourth-order valence-electron chi connectivity index (χ4n) is 3.60. The molecule has 0 radical (unpaired) electrons. The van der Waals surface area contributed by atoms with Crippen LogP contribution in [0, 0.1) is 0 Å². The number of anilines is 1. The Hall–Kier alpha value is -2.93. The van der Waals surface area contributed by atoms with E-state index >= 15 is 0 Å². The van der Waals surface area contributed by atoms with Gasteiger partial charge in [0, 0.05) is 43.3 Å². The van der Waals surface area contributed by atoms with Crippen LogP contribution in [0.5, 0.6) is 5.75 Å². The first-order valence-electron chi connectivity index (χ1n) is 10.5. The quantitative estimate of drug-likeness (QED) is 0.453. The second kappa shape index (κ2) is 10.9. The molecular weight excluding hydrogens is 414 g/mol. The molecule has 1 amide bonds. The summed E-state index contributed by atoms with van der Waals surface area (Å²) in [7, 11) is 3.30. The van der Waals surface area contributed by atoms with Crippen LogP contribution in [0.25, 0.3) is 0 Å². The second-order valence-electron chi connectivity index (χ2n) is 7.36. The number of nitrogens with zero attached hydrogens (tertiary/aromatic N) is 2. The van der Waals surface area contributed by atoms with Crippen LogP contribution in [0.15, 0.2) is 47.5 Å². The number of guanidine groups is 1.